The summed E-state index contributed by atoms with van der Waals surface area (Å²) < 4.78 is 5.18. The summed E-state index contributed by atoms with van der Waals surface area (Å²) in [6.45, 7) is 0.870. The molecule has 9 heteroatoms. The van der Waals surface area contributed by atoms with E-state index in [1.54, 1.807) is 17.0 Å². The first-order chi connectivity index (χ1) is 14.9. The highest BCUT2D eigenvalue weighted by molar-refractivity contribution is 6.33. The first-order valence-corrected chi connectivity index (χ1v) is 10.3. The number of amides is 1. The molecule has 0 radical (unpaired) electrons. The summed E-state index contributed by atoms with van der Waals surface area (Å²) in [4.78, 5) is 50.0. The number of nitrogens with zero attached hydrogens (tertiary/aromatic N) is 2. The van der Waals surface area contributed by atoms with E-state index in [9.17, 15) is 24.5 Å². The number of ether oxygens (including phenoxy) is 1. The van der Waals surface area contributed by atoms with Gasteiger partial charge in [0.25, 0.3) is 11.6 Å². The van der Waals surface area contributed by atoms with Gasteiger partial charge in [0.2, 0.25) is 0 Å². The second-order valence-electron chi connectivity index (χ2n) is 7.17. The van der Waals surface area contributed by atoms with Crippen LogP contribution in [0.3, 0.4) is 0 Å². The number of benzene rings is 2. The van der Waals surface area contributed by atoms with Crippen molar-refractivity contribution in [2.75, 3.05) is 19.7 Å². The Morgan fingerprint density at radius 3 is 2.29 bits per heavy atom. The number of ketones is 1. The van der Waals surface area contributed by atoms with Gasteiger partial charge < -0.3 is 9.64 Å². The summed E-state index contributed by atoms with van der Waals surface area (Å²) in [7, 11) is 0. The third-order valence-electron chi connectivity index (χ3n) is 5.08. The van der Waals surface area contributed by atoms with Crippen LogP contribution in [0.25, 0.3) is 0 Å². The first kappa shape index (κ1) is 22.4. The van der Waals surface area contributed by atoms with Gasteiger partial charge in [-0.2, -0.15) is 0 Å². The van der Waals surface area contributed by atoms with Gasteiger partial charge in [-0.05, 0) is 31.0 Å². The molecule has 1 amide bonds. The van der Waals surface area contributed by atoms with E-state index in [-0.39, 0.29) is 27.6 Å². The highest BCUT2D eigenvalue weighted by Gasteiger charge is 2.23. The lowest BCUT2D eigenvalue weighted by molar-refractivity contribution is -0.384. The zero-order valence-electron chi connectivity index (χ0n) is 16.7. The maximum Gasteiger partial charge on any atom is 0.339 e. The van der Waals surface area contributed by atoms with E-state index in [1.165, 1.54) is 24.3 Å². The lowest BCUT2D eigenvalue weighted by Gasteiger charge is -2.20. The molecule has 2 aromatic rings. The Bertz CT molecular complexity index is 1010. The van der Waals surface area contributed by atoms with E-state index >= 15 is 0 Å². The zero-order chi connectivity index (χ0) is 22.4. The molecule has 0 N–H and O–H groups in total. The van der Waals surface area contributed by atoms with Crippen LogP contribution in [-0.2, 0) is 9.53 Å². The van der Waals surface area contributed by atoms with Crippen LogP contribution in [0.1, 0.15) is 52.0 Å². The summed E-state index contributed by atoms with van der Waals surface area (Å²) in [5.74, 6) is -1.67. The Balaban J connectivity index is 1.76. The second-order valence-corrected chi connectivity index (χ2v) is 7.58. The Morgan fingerprint density at radius 1 is 1.00 bits per heavy atom. The molecule has 1 saturated heterocycles. The molecule has 31 heavy (non-hydrogen) atoms. The smallest absolute Gasteiger partial charge is 0.339 e. The number of likely N-dealkylation sites (tertiary alicyclic amines) is 1. The predicted octanol–water partition coefficient (Wildman–Crippen LogP) is 4.04. The molecule has 162 valence electrons. The minimum Gasteiger partial charge on any atom is -0.452 e. The number of hydrogen-bond donors (Lipinski definition) is 0. The maximum absolute atomic E-state index is 12.9. The molecule has 1 aliphatic heterocycles. The molecule has 3 rings (SSSR count). The van der Waals surface area contributed by atoms with Gasteiger partial charge in [-0.25, -0.2) is 4.79 Å². The number of esters is 1. The van der Waals surface area contributed by atoms with Crippen LogP contribution in [0.4, 0.5) is 5.69 Å². The van der Waals surface area contributed by atoms with Crippen molar-refractivity contribution in [3.8, 4) is 0 Å². The lowest BCUT2D eigenvalue weighted by Crippen LogP contribution is -2.35. The van der Waals surface area contributed by atoms with Crippen molar-refractivity contribution < 1.29 is 24.0 Å². The fourth-order valence-corrected chi connectivity index (χ4v) is 3.61. The van der Waals surface area contributed by atoms with Crippen LogP contribution in [-0.4, -0.2) is 47.2 Å². The second kappa shape index (κ2) is 10.2. The summed E-state index contributed by atoms with van der Waals surface area (Å²) in [6, 6.07) is 9.64. The molecular weight excluding hydrogens is 424 g/mol. The Morgan fingerprint density at radius 2 is 1.65 bits per heavy atom. The molecule has 0 spiro atoms. The molecule has 8 nitrogen and oxygen atoms in total. The highest BCUT2D eigenvalue weighted by Crippen LogP contribution is 2.27. The number of halogens is 1. The van der Waals surface area contributed by atoms with E-state index in [1.807, 2.05) is 0 Å². The minimum atomic E-state index is -0.810. The van der Waals surface area contributed by atoms with E-state index in [2.05, 4.69) is 0 Å². The molecule has 1 fully saturated rings. The van der Waals surface area contributed by atoms with Crippen LogP contribution in [0.5, 0.6) is 0 Å². The molecule has 0 saturated carbocycles. The SMILES string of the molecule is O=C(OCC(=O)N1CCCCCC1)c1ccccc1C(=O)c1ccc(Cl)c([N+](=O)[O-])c1. The Labute approximate surface area is 183 Å². The van der Waals surface area contributed by atoms with Crippen LogP contribution in [0.2, 0.25) is 5.02 Å². The molecule has 0 bridgehead atoms. The fraction of sp³-hybridized carbons (Fsp3) is 0.318. The topological polar surface area (TPSA) is 107 Å². The normalized spacial score (nSPS) is 13.9. The predicted molar refractivity (Wildman–Crippen MR) is 113 cm³/mol. The first-order valence-electron chi connectivity index (χ1n) is 9.91. The summed E-state index contributed by atoms with van der Waals surface area (Å²) in [5.41, 5.74) is -0.396. The standard InChI is InChI=1S/C22H21ClN2O6/c23-18-10-9-15(13-19(18)25(29)30)21(27)16-7-3-4-8-17(16)22(28)31-14-20(26)24-11-5-1-2-6-12-24/h3-4,7-10,13H,1-2,5-6,11-12,14H2. The quantitative estimate of drug-likeness (QED) is 0.288. The van der Waals surface area contributed by atoms with Crippen molar-refractivity contribution in [1.29, 1.82) is 0 Å². The monoisotopic (exact) mass is 444 g/mol. The van der Waals surface area contributed by atoms with E-state index in [0.29, 0.717) is 13.1 Å². The van der Waals surface area contributed by atoms with Gasteiger partial charge in [0.05, 0.1) is 10.5 Å². The van der Waals surface area contributed by atoms with E-state index in [0.717, 1.165) is 31.7 Å². The third kappa shape index (κ3) is 5.46. The van der Waals surface area contributed by atoms with Crippen molar-refractivity contribution in [3.05, 3.63) is 74.3 Å². The molecule has 0 aliphatic carbocycles. The summed E-state index contributed by atoms with van der Waals surface area (Å²) in [5, 5.41) is 11.0. The lowest BCUT2D eigenvalue weighted by atomic mass is 9.98. The number of hydrogen-bond acceptors (Lipinski definition) is 6. The van der Waals surface area contributed by atoms with Crippen molar-refractivity contribution in [1.82, 2.24) is 4.90 Å². The molecular formula is C22H21ClN2O6. The van der Waals surface area contributed by atoms with Crippen molar-refractivity contribution >= 4 is 34.9 Å². The number of rotatable bonds is 6. The van der Waals surface area contributed by atoms with Gasteiger partial charge in [0, 0.05) is 30.3 Å². The van der Waals surface area contributed by atoms with Gasteiger partial charge in [-0.1, -0.05) is 42.6 Å². The van der Waals surface area contributed by atoms with Gasteiger partial charge >= 0.3 is 5.97 Å². The maximum atomic E-state index is 12.9. The van der Waals surface area contributed by atoms with Crippen LogP contribution in [0.15, 0.2) is 42.5 Å². The van der Waals surface area contributed by atoms with Crippen molar-refractivity contribution in [2.24, 2.45) is 0 Å². The largest absolute Gasteiger partial charge is 0.452 e. The van der Waals surface area contributed by atoms with Crippen LogP contribution in [0, 0.1) is 10.1 Å². The van der Waals surface area contributed by atoms with Gasteiger partial charge in [0.15, 0.2) is 12.4 Å². The van der Waals surface area contributed by atoms with Crippen molar-refractivity contribution in [2.45, 2.75) is 25.7 Å². The highest BCUT2D eigenvalue weighted by atomic mass is 35.5. The fourth-order valence-electron chi connectivity index (χ4n) is 3.42. The van der Waals surface area contributed by atoms with E-state index < -0.39 is 29.0 Å². The Hall–Kier alpha value is -3.26. The van der Waals surface area contributed by atoms with Crippen LogP contribution >= 0.6 is 11.6 Å². The summed E-state index contributed by atoms with van der Waals surface area (Å²) in [6.07, 6.45) is 3.98. The van der Waals surface area contributed by atoms with Crippen LogP contribution < -0.4 is 0 Å². The minimum absolute atomic E-state index is 0.0111. The number of carbonyl (C=O) groups is 3. The average Bonchev–Trinajstić information content (AvgIpc) is 3.06. The molecule has 0 unspecified atom stereocenters. The molecule has 1 heterocycles. The zero-order valence-corrected chi connectivity index (χ0v) is 17.5. The van der Waals surface area contributed by atoms with Crippen molar-refractivity contribution in [3.63, 3.8) is 0 Å². The van der Waals surface area contributed by atoms with Gasteiger partial charge in [0.1, 0.15) is 5.02 Å². The number of nitro groups is 1. The number of carbonyl (C=O) groups excluding carboxylic acids is 3. The molecule has 1 aliphatic rings. The van der Waals surface area contributed by atoms with Gasteiger partial charge in [-0.3, -0.25) is 19.7 Å². The molecule has 0 atom stereocenters. The molecule has 0 aromatic heterocycles. The number of nitro benzene ring substituents is 1. The summed E-state index contributed by atoms with van der Waals surface area (Å²) >= 11 is 5.81. The third-order valence-corrected chi connectivity index (χ3v) is 5.40. The molecule has 2 aromatic carbocycles. The Kier molecular flexibility index (Phi) is 7.36. The van der Waals surface area contributed by atoms with E-state index in [4.69, 9.17) is 16.3 Å². The van der Waals surface area contributed by atoms with Gasteiger partial charge in [-0.15, -0.1) is 0 Å². The average molecular weight is 445 g/mol.